The summed E-state index contributed by atoms with van der Waals surface area (Å²) in [6, 6.07) is 13.6. The number of rotatable bonds is 4. The van der Waals surface area contributed by atoms with Crippen LogP contribution in [0.4, 0.5) is 0 Å². The summed E-state index contributed by atoms with van der Waals surface area (Å²) in [5.74, 6) is 0.891. The van der Waals surface area contributed by atoms with E-state index < -0.39 is 0 Å². The second-order valence-electron chi connectivity index (χ2n) is 4.62. The number of hydrogen-bond donors (Lipinski definition) is 0. The fraction of sp³-hybridized carbons (Fsp3) is 0.125. The van der Waals surface area contributed by atoms with E-state index in [1.54, 1.807) is 0 Å². The highest BCUT2D eigenvalue weighted by Crippen LogP contribution is 2.15. The lowest BCUT2D eigenvalue weighted by Crippen LogP contribution is -1.97. The van der Waals surface area contributed by atoms with Crippen molar-refractivity contribution in [3.63, 3.8) is 0 Å². The lowest BCUT2D eigenvalue weighted by atomic mass is 10.1. The number of halogens is 1. The standard InChI is InChI=1S/C16H13ClN2O/c17-13-5-3-4-12(10-13)7-8-16-18-14(11-20)15-6-1-2-9-19(15)16/h1-6,9-11H,7-8H2. The van der Waals surface area contributed by atoms with Crippen LogP contribution in [0.5, 0.6) is 0 Å². The third-order valence-corrected chi connectivity index (χ3v) is 3.52. The van der Waals surface area contributed by atoms with E-state index >= 15 is 0 Å². The minimum Gasteiger partial charge on any atom is -0.303 e. The van der Waals surface area contributed by atoms with Gasteiger partial charge in [-0.25, -0.2) is 4.98 Å². The molecule has 0 atom stereocenters. The molecular formula is C16H13ClN2O. The molecule has 0 radical (unpaired) electrons. The van der Waals surface area contributed by atoms with E-state index in [2.05, 4.69) is 4.98 Å². The highest BCUT2D eigenvalue weighted by atomic mass is 35.5. The first-order valence-corrected chi connectivity index (χ1v) is 6.81. The number of nitrogens with zero attached hydrogens (tertiary/aromatic N) is 2. The summed E-state index contributed by atoms with van der Waals surface area (Å²) in [6.07, 6.45) is 4.34. The Balaban J connectivity index is 1.89. The number of pyridine rings is 1. The van der Waals surface area contributed by atoms with E-state index in [0.29, 0.717) is 5.69 Å². The second kappa shape index (κ2) is 5.47. The first kappa shape index (κ1) is 12.9. The highest BCUT2D eigenvalue weighted by molar-refractivity contribution is 6.30. The van der Waals surface area contributed by atoms with E-state index in [0.717, 1.165) is 41.1 Å². The van der Waals surface area contributed by atoms with Crippen LogP contribution < -0.4 is 0 Å². The molecule has 2 aromatic heterocycles. The molecule has 0 unspecified atom stereocenters. The summed E-state index contributed by atoms with van der Waals surface area (Å²) in [6.45, 7) is 0. The topological polar surface area (TPSA) is 34.4 Å². The van der Waals surface area contributed by atoms with Crippen molar-refractivity contribution in [3.8, 4) is 0 Å². The van der Waals surface area contributed by atoms with Gasteiger partial charge in [0.25, 0.3) is 0 Å². The van der Waals surface area contributed by atoms with Crippen molar-refractivity contribution < 1.29 is 4.79 Å². The van der Waals surface area contributed by atoms with Crippen LogP contribution in [0.1, 0.15) is 21.9 Å². The van der Waals surface area contributed by atoms with Crippen molar-refractivity contribution in [2.24, 2.45) is 0 Å². The molecule has 0 bridgehead atoms. The van der Waals surface area contributed by atoms with Gasteiger partial charge in [-0.1, -0.05) is 29.8 Å². The van der Waals surface area contributed by atoms with Crippen LogP contribution in [-0.4, -0.2) is 15.7 Å². The lowest BCUT2D eigenvalue weighted by molar-refractivity contribution is 0.112. The number of imidazole rings is 1. The number of aldehydes is 1. The normalized spacial score (nSPS) is 10.8. The average molecular weight is 285 g/mol. The molecule has 0 aliphatic rings. The predicted molar refractivity (Wildman–Crippen MR) is 79.4 cm³/mol. The molecule has 2 heterocycles. The lowest BCUT2D eigenvalue weighted by Gasteiger charge is -2.02. The Bertz CT molecular complexity index is 764. The minimum atomic E-state index is 0.492. The Morgan fingerprint density at radius 3 is 2.85 bits per heavy atom. The third kappa shape index (κ3) is 2.45. The summed E-state index contributed by atoms with van der Waals surface area (Å²) in [5, 5.41) is 0.740. The van der Waals surface area contributed by atoms with Crippen LogP contribution in [0.25, 0.3) is 5.52 Å². The SMILES string of the molecule is O=Cc1nc(CCc2cccc(Cl)c2)n2ccccc12. The molecule has 3 rings (SSSR count). The zero-order valence-electron chi connectivity index (χ0n) is 10.8. The molecule has 0 spiro atoms. The average Bonchev–Trinajstić information content (AvgIpc) is 2.83. The van der Waals surface area contributed by atoms with Gasteiger partial charge in [0.1, 0.15) is 11.5 Å². The molecule has 0 aliphatic carbocycles. The van der Waals surface area contributed by atoms with Gasteiger partial charge in [0, 0.05) is 17.6 Å². The van der Waals surface area contributed by atoms with Gasteiger partial charge in [-0.2, -0.15) is 0 Å². The van der Waals surface area contributed by atoms with Gasteiger partial charge in [-0.3, -0.25) is 4.79 Å². The summed E-state index contributed by atoms with van der Waals surface area (Å²) in [4.78, 5) is 15.5. The van der Waals surface area contributed by atoms with Crippen molar-refractivity contribution in [2.45, 2.75) is 12.8 Å². The van der Waals surface area contributed by atoms with E-state index in [1.807, 2.05) is 53.1 Å². The molecule has 3 nitrogen and oxygen atoms in total. The molecule has 100 valence electrons. The smallest absolute Gasteiger partial charge is 0.170 e. The first-order valence-electron chi connectivity index (χ1n) is 6.43. The highest BCUT2D eigenvalue weighted by Gasteiger charge is 2.09. The van der Waals surface area contributed by atoms with Gasteiger partial charge in [-0.05, 0) is 36.2 Å². The molecule has 0 aliphatic heterocycles. The number of carbonyl (C=O) groups is 1. The summed E-state index contributed by atoms with van der Waals surface area (Å²) < 4.78 is 1.97. The Kier molecular flexibility index (Phi) is 3.52. The molecule has 0 saturated carbocycles. The third-order valence-electron chi connectivity index (χ3n) is 3.29. The van der Waals surface area contributed by atoms with Gasteiger partial charge >= 0.3 is 0 Å². The summed E-state index contributed by atoms with van der Waals surface area (Å²) in [5.41, 5.74) is 2.51. The number of aryl methyl sites for hydroxylation is 2. The predicted octanol–water partition coefficient (Wildman–Crippen LogP) is 3.59. The zero-order chi connectivity index (χ0) is 13.9. The van der Waals surface area contributed by atoms with Crippen LogP contribution >= 0.6 is 11.6 Å². The molecule has 4 heteroatoms. The van der Waals surface area contributed by atoms with Crippen LogP contribution in [-0.2, 0) is 12.8 Å². The van der Waals surface area contributed by atoms with Gasteiger partial charge in [0.2, 0.25) is 0 Å². The summed E-state index contributed by atoms with van der Waals surface area (Å²) in [7, 11) is 0. The second-order valence-corrected chi connectivity index (χ2v) is 5.05. The molecule has 1 aromatic carbocycles. The van der Waals surface area contributed by atoms with Crippen molar-refractivity contribution in [1.82, 2.24) is 9.38 Å². The molecular weight excluding hydrogens is 272 g/mol. The van der Waals surface area contributed by atoms with E-state index in [9.17, 15) is 4.79 Å². The van der Waals surface area contributed by atoms with E-state index in [-0.39, 0.29) is 0 Å². The van der Waals surface area contributed by atoms with Gasteiger partial charge < -0.3 is 4.40 Å². The number of carbonyl (C=O) groups excluding carboxylic acids is 1. The van der Waals surface area contributed by atoms with Crippen LogP contribution in [0, 0.1) is 0 Å². The molecule has 20 heavy (non-hydrogen) atoms. The molecule has 3 aromatic rings. The fourth-order valence-corrected chi connectivity index (χ4v) is 2.55. The fourth-order valence-electron chi connectivity index (χ4n) is 2.34. The van der Waals surface area contributed by atoms with Crippen molar-refractivity contribution >= 4 is 23.4 Å². The van der Waals surface area contributed by atoms with E-state index in [1.165, 1.54) is 0 Å². The van der Waals surface area contributed by atoms with E-state index in [4.69, 9.17) is 11.6 Å². The maximum Gasteiger partial charge on any atom is 0.170 e. The van der Waals surface area contributed by atoms with Crippen LogP contribution in [0.15, 0.2) is 48.7 Å². The van der Waals surface area contributed by atoms with Gasteiger partial charge in [0.15, 0.2) is 6.29 Å². The molecule has 0 fully saturated rings. The van der Waals surface area contributed by atoms with Crippen molar-refractivity contribution in [1.29, 1.82) is 0 Å². The molecule has 0 saturated heterocycles. The number of aromatic nitrogens is 2. The number of fused-ring (bicyclic) bond motifs is 1. The number of benzene rings is 1. The Morgan fingerprint density at radius 1 is 1.15 bits per heavy atom. The Morgan fingerprint density at radius 2 is 2.05 bits per heavy atom. The Hall–Kier alpha value is -2.13. The largest absolute Gasteiger partial charge is 0.303 e. The Labute approximate surface area is 121 Å². The maximum absolute atomic E-state index is 11.1. The maximum atomic E-state index is 11.1. The zero-order valence-corrected chi connectivity index (χ0v) is 11.5. The van der Waals surface area contributed by atoms with Crippen molar-refractivity contribution in [3.05, 3.63) is 70.8 Å². The molecule has 0 N–H and O–H groups in total. The van der Waals surface area contributed by atoms with Crippen molar-refractivity contribution in [2.75, 3.05) is 0 Å². The van der Waals surface area contributed by atoms with Crippen LogP contribution in [0.3, 0.4) is 0 Å². The van der Waals surface area contributed by atoms with Gasteiger partial charge in [-0.15, -0.1) is 0 Å². The molecule has 0 amide bonds. The minimum absolute atomic E-state index is 0.492. The van der Waals surface area contributed by atoms with Gasteiger partial charge in [0.05, 0.1) is 5.52 Å². The first-order chi connectivity index (χ1) is 9.78. The van der Waals surface area contributed by atoms with Crippen LogP contribution in [0.2, 0.25) is 5.02 Å². The quantitative estimate of drug-likeness (QED) is 0.686. The summed E-state index contributed by atoms with van der Waals surface area (Å²) >= 11 is 5.98. The monoisotopic (exact) mass is 284 g/mol. The number of hydrogen-bond acceptors (Lipinski definition) is 2.